The van der Waals surface area contributed by atoms with E-state index in [1.807, 2.05) is 0 Å². The van der Waals surface area contributed by atoms with Gasteiger partial charge in [0.15, 0.2) is 0 Å². The molecule has 1 unspecified atom stereocenters. The van der Waals surface area contributed by atoms with Crippen molar-refractivity contribution in [2.45, 2.75) is 31.6 Å². The molecular formula is C29H34N6O4S. The molecule has 0 spiro atoms. The Balaban J connectivity index is 1.23. The number of carbonyl (C=O) groups excluding carboxylic acids is 2. The highest BCUT2D eigenvalue weighted by Crippen LogP contribution is 2.26. The highest BCUT2D eigenvalue weighted by atomic mass is 32.2. The molecule has 0 aliphatic carbocycles. The number of nitrogens with one attached hydrogen (secondary N) is 1. The van der Waals surface area contributed by atoms with E-state index in [9.17, 15) is 18.0 Å². The summed E-state index contributed by atoms with van der Waals surface area (Å²) in [4.78, 5) is 37.1. The fourth-order valence-corrected chi connectivity index (χ4v) is 6.72. The average molecular weight is 563 g/mol. The predicted octanol–water partition coefficient (Wildman–Crippen LogP) is 3.61. The van der Waals surface area contributed by atoms with Crippen LogP contribution < -0.4 is 5.32 Å². The molecule has 3 aromatic rings. The molecule has 2 aliphatic heterocycles. The van der Waals surface area contributed by atoms with E-state index in [4.69, 9.17) is 0 Å². The van der Waals surface area contributed by atoms with E-state index in [2.05, 4.69) is 22.2 Å². The Morgan fingerprint density at radius 2 is 1.57 bits per heavy atom. The van der Waals surface area contributed by atoms with Crippen LogP contribution in [0.2, 0.25) is 0 Å². The number of carbonyl (C=O) groups is 2. The molecular weight excluding hydrogens is 528 g/mol. The van der Waals surface area contributed by atoms with Crippen LogP contribution in [-0.2, 0) is 14.8 Å². The SMILES string of the molecule is CC(=O)N1CCN(C(=O)c2ccc(Nc3nccc(-c4ccc(S(=O)(=O)N5CCCC(C)C5)cc4)n3)cc2)CC1. The van der Waals surface area contributed by atoms with Crippen molar-refractivity contribution >= 4 is 33.5 Å². The molecule has 0 saturated carbocycles. The first-order valence-electron chi connectivity index (χ1n) is 13.6. The van der Waals surface area contributed by atoms with Gasteiger partial charge in [-0.15, -0.1) is 0 Å². The van der Waals surface area contributed by atoms with Crippen molar-refractivity contribution < 1.29 is 18.0 Å². The molecule has 2 aliphatic rings. The summed E-state index contributed by atoms with van der Waals surface area (Å²) in [6.07, 6.45) is 3.58. The van der Waals surface area contributed by atoms with E-state index in [1.165, 1.54) is 0 Å². The van der Waals surface area contributed by atoms with Crippen molar-refractivity contribution in [3.63, 3.8) is 0 Å². The van der Waals surface area contributed by atoms with Crippen LogP contribution in [0.4, 0.5) is 11.6 Å². The van der Waals surface area contributed by atoms with Gasteiger partial charge in [0, 0.05) is 69.2 Å². The van der Waals surface area contributed by atoms with Crippen LogP contribution >= 0.6 is 0 Å². The fraction of sp³-hybridized carbons (Fsp3) is 0.379. The quantitative estimate of drug-likeness (QED) is 0.488. The summed E-state index contributed by atoms with van der Waals surface area (Å²) in [5.74, 6) is 0.715. The number of rotatable bonds is 6. The molecule has 3 heterocycles. The number of amides is 2. The van der Waals surface area contributed by atoms with E-state index in [-0.39, 0.29) is 16.7 Å². The molecule has 40 heavy (non-hydrogen) atoms. The van der Waals surface area contributed by atoms with Crippen LogP contribution in [0.5, 0.6) is 0 Å². The number of sulfonamides is 1. The Kier molecular flexibility index (Phi) is 8.13. The molecule has 210 valence electrons. The van der Waals surface area contributed by atoms with Gasteiger partial charge in [-0.1, -0.05) is 19.1 Å². The maximum atomic E-state index is 13.1. The van der Waals surface area contributed by atoms with Gasteiger partial charge < -0.3 is 15.1 Å². The minimum atomic E-state index is -3.52. The smallest absolute Gasteiger partial charge is 0.253 e. The Hall–Kier alpha value is -3.83. The topological polar surface area (TPSA) is 116 Å². The van der Waals surface area contributed by atoms with Gasteiger partial charge in [-0.25, -0.2) is 18.4 Å². The van der Waals surface area contributed by atoms with Gasteiger partial charge in [0.25, 0.3) is 5.91 Å². The summed E-state index contributed by atoms with van der Waals surface area (Å²) in [5.41, 5.74) is 2.74. The Bertz CT molecular complexity index is 1470. The van der Waals surface area contributed by atoms with Gasteiger partial charge >= 0.3 is 0 Å². The van der Waals surface area contributed by atoms with Crippen LogP contribution in [0, 0.1) is 5.92 Å². The van der Waals surface area contributed by atoms with Gasteiger partial charge in [0.05, 0.1) is 10.6 Å². The second-order valence-corrected chi connectivity index (χ2v) is 12.3. The highest BCUT2D eigenvalue weighted by Gasteiger charge is 2.28. The number of hydrogen-bond donors (Lipinski definition) is 1. The zero-order valence-corrected chi connectivity index (χ0v) is 23.6. The van der Waals surface area contributed by atoms with Crippen molar-refractivity contribution in [2.24, 2.45) is 5.92 Å². The van der Waals surface area contributed by atoms with Crippen molar-refractivity contribution in [1.82, 2.24) is 24.1 Å². The summed E-state index contributed by atoms with van der Waals surface area (Å²) in [6.45, 7) is 6.87. The van der Waals surface area contributed by atoms with E-state index in [1.54, 1.807) is 81.8 Å². The minimum absolute atomic E-state index is 0.0290. The lowest BCUT2D eigenvalue weighted by atomic mass is 10.0. The summed E-state index contributed by atoms with van der Waals surface area (Å²) < 4.78 is 27.7. The zero-order valence-electron chi connectivity index (χ0n) is 22.8. The maximum absolute atomic E-state index is 13.1. The molecule has 10 nitrogen and oxygen atoms in total. The second-order valence-electron chi connectivity index (χ2n) is 10.4. The van der Waals surface area contributed by atoms with Crippen LogP contribution in [0.1, 0.15) is 37.0 Å². The standard InChI is InChI=1S/C29H34N6O4S/c1-21-4-3-15-35(20-21)40(38,39)26-11-7-23(8-12-26)27-13-14-30-29(32-27)31-25-9-5-24(6-10-25)28(37)34-18-16-33(17-19-34)22(2)36/h5-14,21H,3-4,15-20H2,1-2H3,(H,30,31,32). The lowest BCUT2D eigenvalue weighted by molar-refractivity contribution is -0.130. The van der Waals surface area contributed by atoms with Crippen molar-refractivity contribution in [3.05, 3.63) is 66.4 Å². The number of piperidine rings is 1. The highest BCUT2D eigenvalue weighted by molar-refractivity contribution is 7.89. The van der Waals surface area contributed by atoms with Crippen molar-refractivity contribution in [1.29, 1.82) is 0 Å². The third-order valence-electron chi connectivity index (χ3n) is 7.46. The van der Waals surface area contributed by atoms with Crippen LogP contribution in [0.3, 0.4) is 0 Å². The summed E-state index contributed by atoms with van der Waals surface area (Å²) in [5, 5.41) is 3.17. The summed E-state index contributed by atoms with van der Waals surface area (Å²) >= 11 is 0. The Morgan fingerprint density at radius 3 is 2.23 bits per heavy atom. The molecule has 2 amide bonds. The number of nitrogens with zero attached hydrogens (tertiary/aromatic N) is 5. The van der Waals surface area contributed by atoms with E-state index >= 15 is 0 Å². The molecule has 2 fully saturated rings. The molecule has 2 aromatic carbocycles. The van der Waals surface area contributed by atoms with E-state index < -0.39 is 10.0 Å². The monoisotopic (exact) mass is 562 g/mol. The molecule has 2 saturated heterocycles. The van der Waals surface area contributed by atoms with Crippen molar-refractivity contribution in [2.75, 3.05) is 44.6 Å². The average Bonchev–Trinajstić information content (AvgIpc) is 2.97. The molecule has 1 atom stereocenters. The number of benzene rings is 2. The van der Waals surface area contributed by atoms with Crippen molar-refractivity contribution in [3.8, 4) is 11.3 Å². The summed E-state index contributed by atoms with van der Waals surface area (Å²) in [6, 6.07) is 15.7. The molecule has 1 N–H and O–H groups in total. The Morgan fingerprint density at radius 1 is 0.900 bits per heavy atom. The fourth-order valence-electron chi connectivity index (χ4n) is 5.12. The van der Waals surface area contributed by atoms with Gasteiger partial charge in [-0.3, -0.25) is 9.59 Å². The lowest BCUT2D eigenvalue weighted by Crippen LogP contribution is -2.50. The molecule has 5 rings (SSSR count). The van der Waals surface area contributed by atoms with Gasteiger partial charge in [-0.05, 0) is 61.2 Å². The van der Waals surface area contributed by atoms with Crippen LogP contribution in [0.25, 0.3) is 11.3 Å². The summed E-state index contributed by atoms with van der Waals surface area (Å²) in [7, 11) is -3.52. The lowest BCUT2D eigenvalue weighted by Gasteiger charge is -2.34. The molecule has 1 aromatic heterocycles. The maximum Gasteiger partial charge on any atom is 0.253 e. The predicted molar refractivity (Wildman–Crippen MR) is 153 cm³/mol. The van der Waals surface area contributed by atoms with Crippen LogP contribution in [0.15, 0.2) is 65.7 Å². The zero-order chi connectivity index (χ0) is 28.3. The number of hydrogen-bond acceptors (Lipinski definition) is 7. The van der Waals surface area contributed by atoms with Gasteiger partial charge in [0.2, 0.25) is 21.9 Å². The first kappa shape index (κ1) is 27.7. The molecule has 11 heteroatoms. The van der Waals surface area contributed by atoms with Crippen LogP contribution in [-0.4, -0.2) is 83.6 Å². The number of aromatic nitrogens is 2. The normalized spacial score (nSPS) is 18.4. The van der Waals surface area contributed by atoms with E-state index in [0.29, 0.717) is 62.4 Å². The molecule has 0 radical (unpaired) electrons. The second kappa shape index (κ2) is 11.7. The Labute approximate surface area is 235 Å². The van der Waals surface area contributed by atoms with E-state index in [0.717, 1.165) is 24.1 Å². The van der Waals surface area contributed by atoms with Gasteiger partial charge in [0.1, 0.15) is 0 Å². The molecule has 0 bridgehead atoms. The first-order valence-corrected chi connectivity index (χ1v) is 15.0. The number of anilines is 2. The first-order chi connectivity index (χ1) is 19.2. The van der Waals surface area contributed by atoms with Gasteiger partial charge in [-0.2, -0.15) is 4.31 Å². The minimum Gasteiger partial charge on any atom is -0.339 e. The third-order valence-corrected chi connectivity index (χ3v) is 9.34. The third kappa shape index (κ3) is 6.15. The largest absolute Gasteiger partial charge is 0.339 e. The number of piperazine rings is 1.